The van der Waals surface area contributed by atoms with Crippen LogP contribution in [0.4, 0.5) is 0 Å². The quantitative estimate of drug-likeness (QED) is 0.853. The van der Waals surface area contributed by atoms with E-state index < -0.39 is 0 Å². The van der Waals surface area contributed by atoms with E-state index in [0.717, 1.165) is 36.2 Å². The van der Waals surface area contributed by atoms with E-state index in [0.29, 0.717) is 5.02 Å². The van der Waals surface area contributed by atoms with Gasteiger partial charge in [0.15, 0.2) is 0 Å². The fourth-order valence-corrected chi connectivity index (χ4v) is 2.57. The maximum absolute atomic E-state index is 12.3. The van der Waals surface area contributed by atoms with E-state index in [9.17, 15) is 4.79 Å². The van der Waals surface area contributed by atoms with Gasteiger partial charge < -0.3 is 5.32 Å². The molecule has 0 saturated carbocycles. The Kier molecular flexibility index (Phi) is 2.76. The van der Waals surface area contributed by atoms with E-state index in [-0.39, 0.29) is 5.69 Å². The lowest BCUT2D eigenvalue weighted by Gasteiger charge is -2.14. The molecule has 3 rings (SSSR count). The van der Waals surface area contributed by atoms with Crippen molar-refractivity contribution in [1.82, 2.24) is 14.5 Å². The molecule has 18 heavy (non-hydrogen) atoms. The Morgan fingerprint density at radius 3 is 2.89 bits per heavy atom. The third-order valence-electron chi connectivity index (χ3n) is 3.35. The van der Waals surface area contributed by atoms with Gasteiger partial charge in [0.2, 0.25) is 0 Å². The first kappa shape index (κ1) is 11.6. The minimum absolute atomic E-state index is 0.0135. The minimum Gasteiger partial charge on any atom is -0.313 e. The number of benzene rings is 1. The van der Waals surface area contributed by atoms with Crippen molar-refractivity contribution in [3.8, 4) is 0 Å². The average Bonchev–Trinajstić information content (AvgIpc) is 2.64. The monoisotopic (exact) mass is 263 g/mol. The van der Waals surface area contributed by atoms with E-state index in [1.807, 2.05) is 18.2 Å². The Morgan fingerprint density at radius 1 is 1.33 bits per heavy atom. The van der Waals surface area contributed by atoms with E-state index >= 15 is 0 Å². The number of rotatable bonds is 1. The number of nitrogens with one attached hydrogen (secondary N) is 1. The van der Waals surface area contributed by atoms with Crippen molar-refractivity contribution in [2.45, 2.75) is 6.42 Å². The fraction of sp³-hybridized carbons (Fsp3) is 0.308. The summed E-state index contributed by atoms with van der Waals surface area (Å²) < 4.78 is 3.43. The van der Waals surface area contributed by atoms with Gasteiger partial charge in [0.1, 0.15) is 0 Å². The first-order valence-electron chi connectivity index (χ1n) is 5.95. The first-order valence-corrected chi connectivity index (χ1v) is 6.33. The highest BCUT2D eigenvalue weighted by Gasteiger charge is 2.15. The van der Waals surface area contributed by atoms with Gasteiger partial charge in [-0.3, -0.25) is 9.13 Å². The summed E-state index contributed by atoms with van der Waals surface area (Å²) in [7, 11) is 1.78. The molecule has 1 aliphatic heterocycles. The molecule has 0 unspecified atom stereocenters. The van der Waals surface area contributed by atoms with E-state index in [1.165, 1.54) is 0 Å². The largest absolute Gasteiger partial charge is 0.333 e. The second kappa shape index (κ2) is 4.30. The van der Waals surface area contributed by atoms with Crippen molar-refractivity contribution in [2.75, 3.05) is 13.1 Å². The molecule has 94 valence electrons. The molecule has 0 bridgehead atoms. The van der Waals surface area contributed by atoms with Crippen LogP contribution in [-0.2, 0) is 7.05 Å². The van der Waals surface area contributed by atoms with Gasteiger partial charge in [0.25, 0.3) is 0 Å². The van der Waals surface area contributed by atoms with Gasteiger partial charge >= 0.3 is 5.69 Å². The van der Waals surface area contributed by atoms with Crippen LogP contribution in [-0.4, -0.2) is 22.2 Å². The molecule has 0 amide bonds. The van der Waals surface area contributed by atoms with Crippen molar-refractivity contribution in [1.29, 1.82) is 0 Å². The van der Waals surface area contributed by atoms with Gasteiger partial charge in [-0.25, -0.2) is 4.79 Å². The lowest BCUT2D eigenvalue weighted by Crippen LogP contribution is -2.27. The highest BCUT2D eigenvalue weighted by atomic mass is 35.5. The molecule has 0 saturated heterocycles. The lowest BCUT2D eigenvalue weighted by molar-refractivity contribution is 0.711. The zero-order valence-electron chi connectivity index (χ0n) is 10.1. The summed E-state index contributed by atoms with van der Waals surface area (Å²) in [5.41, 5.74) is 2.83. The number of hydrogen-bond acceptors (Lipinski definition) is 2. The number of halogens is 1. The summed E-state index contributed by atoms with van der Waals surface area (Å²) in [5.74, 6) is 0. The van der Waals surface area contributed by atoms with Gasteiger partial charge in [-0.15, -0.1) is 0 Å². The molecule has 0 spiro atoms. The van der Waals surface area contributed by atoms with Crippen LogP contribution in [0.2, 0.25) is 5.02 Å². The summed E-state index contributed by atoms with van der Waals surface area (Å²) in [6.45, 7) is 1.72. The van der Waals surface area contributed by atoms with Crippen LogP contribution < -0.4 is 11.0 Å². The van der Waals surface area contributed by atoms with Crippen LogP contribution >= 0.6 is 11.6 Å². The predicted octanol–water partition coefficient (Wildman–Crippen LogP) is 1.83. The Balaban J connectivity index is 2.32. The molecule has 0 atom stereocenters. The molecule has 1 aromatic carbocycles. The summed E-state index contributed by atoms with van der Waals surface area (Å²) in [5, 5.41) is 3.90. The highest BCUT2D eigenvalue weighted by molar-refractivity contribution is 6.31. The van der Waals surface area contributed by atoms with Crippen LogP contribution in [0.15, 0.2) is 29.1 Å². The summed E-state index contributed by atoms with van der Waals surface area (Å²) in [6.07, 6.45) is 2.93. The number of imidazole rings is 1. The normalized spacial score (nSPS) is 16.0. The van der Waals surface area contributed by atoms with Crippen molar-refractivity contribution in [2.24, 2.45) is 7.05 Å². The molecule has 0 radical (unpaired) electrons. The van der Waals surface area contributed by atoms with E-state index in [2.05, 4.69) is 11.4 Å². The third-order valence-corrected chi connectivity index (χ3v) is 3.58. The Morgan fingerprint density at radius 2 is 2.17 bits per heavy atom. The van der Waals surface area contributed by atoms with Crippen molar-refractivity contribution in [3.05, 3.63) is 39.8 Å². The number of hydrogen-bond donors (Lipinski definition) is 1. The molecule has 2 heterocycles. The molecule has 1 aromatic heterocycles. The van der Waals surface area contributed by atoms with Gasteiger partial charge in [0.05, 0.1) is 11.0 Å². The highest BCUT2D eigenvalue weighted by Crippen LogP contribution is 2.22. The minimum atomic E-state index is -0.0135. The molecular formula is C13H14ClN3O. The molecular weight excluding hydrogens is 250 g/mol. The van der Waals surface area contributed by atoms with Crippen LogP contribution in [0.3, 0.4) is 0 Å². The van der Waals surface area contributed by atoms with E-state index in [1.54, 1.807) is 16.2 Å². The predicted molar refractivity (Wildman–Crippen MR) is 73.9 cm³/mol. The van der Waals surface area contributed by atoms with Crippen molar-refractivity contribution < 1.29 is 0 Å². The number of aromatic nitrogens is 2. The summed E-state index contributed by atoms with van der Waals surface area (Å²) in [6, 6.07) is 5.56. The standard InChI is InChI=1S/C13H14ClN3O/c1-16-12-8-9(14)2-3-11(12)17(13(16)18)10-4-6-15-7-5-10/h2-4,8,15H,5-7H2,1H3. The van der Waals surface area contributed by atoms with Crippen LogP contribution in [0, 0.1) is 0 Å². The maximum atomic E-state index is 12.3. The Hall–Kier alpha value is -1.52. The smallest absolute Gasteiger partial charge is 0.313 e. The third kappa shape index (κ3) is 1.69. The van der Waals surface area contributed by atoms with Gasteiger partial charge in [0, 0.05) is 37.3 Å². The SMILES string of the molecule is Cn1c(=O)n(C2=CCNCC2)c2ccc(Cl)cc21. The molecule has 0 fully saturated rings. The number of aryl methyl sites for hydroxylation is 1. The molecule has 4 nitrogen and oxygen atoms in total. The molecule has 1 aliphatic rings. The van der Waals surface area contributed by atoms with Crippen LogP contribution in [0.5, 0.6) is 0 Å². The second-order valence-electron chi connectivity index (χ2n) is 4.46. The summed E-state index contributed by atoms with van der Waals surface area (Å²) in [4.78, 5) is 12.3. The van der Waals surface area contributed by atoms with Gasteiger partial charge in [-0.2, -0.15) is 0 Å². The fourth-order valence-electron chi connectivity index (χ4n) is 2.40. The van der Waals surface area contributed by atoms with Gasteiger partial charge in [-0.05, 0) is 18.2 Å². The van der Waals surface area contributed by atoms with E-state index in [4.69, 9.17) is 11.6 Å². The zero-order valence-corrected chi connectivity index (χ0v) is 10.9. The topological polar surface area (TPSA) is 39.0 Å². The van der Waals surface area contributed by atoms with Crippen molar-refractivity contribution in [3.63, 3.8) is 0 Å². The molecule has 2 aromatic rings. The Bertz CT molecular complexity index is 696. The zero-order chi connectivity index (χ0) is 12.7. The molecule has 5 heteroatoms. The van der Waals surface area contributed by atoms with Crippen LogP contribution in [0.1, 0.15) is 6.42 Å². The first-order chi connectivity index (χ1) is 8.68. The lowest BCUT2D eigenvalue weighted by atomic mass is 10.2. The second-order valence-corrected chi connectivity index (χ2v) is 4.90. The van der Waals surface area contributed by atoms with Crippen molar-refractivity contribution >= 4 is 28.3 Å². The average molecular weight is 264 g/mol. The molecule has 1 N–H and O–H groups in total. The van der Waals surface area contributed by atoms with Crippen LogP contribution in [0.25, 0.3) is 16.7 Å². The number of fused-ring (bicyclic) bond motifs is 1. The summed E-state index contributed by atoms with van der Waals surface area (Å²) >= 11 is 5.99. The Labute approximate surface area is 109 Å². The molecule has 0 aliphatic carbocycles. The number of nitrogens with zero attached hydrogens (tertiary/aromatic N) is 2. The maximum Gasteiger partial charge on any atom is 0.333 e. The van der Waals surface area contributed by atoms with Gasteiger partial charge in [-0.1, -0.05) is 17.7 Å².